The van der Waals surface area contributed by atoms with Crippen LogP contribution >= 0.6 is 0 Å². The molecule has 2 aliphatic rings. The molecule has 148 valence electrons. The first-order valence-corrected chi connectivity index (χ1v) is 9.86. The average molecular weight is 382 g/mol. The smallest absolute Gasteiger partial charge is 0.193 e. The summed E-state index contributed by atoms with van der Waals surface area (Å²) >= 11 is 0. The molecule has 2 aromatic carbocycles. The minimum absolute atomic E-state index is 0.0985. The molecule has 1 saturated heterocycles. The summed E-state index contributed by atoms with van der Waals surface area (Å²) in [4.78, 5) is 8.94. The molecular weight excluding hydrogens is 355 g/mol. The van der Waals surface area contributed by atoms with Crippen molar-refractivity contribution in [3.8, 4) is 5.75 Å². The highest BCUT2D eigenvalue weighted by molar-refractivity contribution is 5.80. The predicted molar refractivity (Wildman–Crippen MR) is 111 cm³/mol. The highest BCUT2D eigenvalue weighted by Crippen LogP contribution is 2.47. The number of nitrogens with one attached hydrogen (secondary N) is 1. The van der Waals surface area contributed by atoms with E-state index >= 15 is 0 Å². The third kappa shape index (κ3) is 3.77. The maximum absolute atomic E-state index is 13.2. The van der Waals surface area contributed by atoms with Crippen LogP contribution in [0.3, 0.4) is 0 Å². The summed E-state index contributed by atoms with van der Waals surface area (Å²) in [6, 6.07) is 14.4. The maximum Gasteiger partial charge on any atom is 0.193 e. The standard InChI is InChI=1S/C22H27FN4O/c1-24-21(25-16-22(10-11-22)17-6-8-18(23)9-7-17)27-14-12-26(13-15-27)19-4-2-3-5-20(19)28/h2-9,28H,10-16H2,1H3,(H,24,25). The lowest BCUT2D eigenvalue weighted by Gasteiger charge is -2.38. The number of aromatic hydroxyl groups is 1. The van der Waals surface area contributed by atoms with Crippen LogP contribution in [0.5, 0.6) is 5.75 Å². The Morgan fingerprint density at radius 1 is 1.07 bits per heavy atom. The molecule has 0 bridgehead atoms. The Hall–Kier alpha value is -2.76. The first-order valence-electron chi connectivity index (χ1n) is 9.86. The average Bonchev–Trinajstić information content (AvgIpc) is 3.51. The number of halogens is 1. The van der Waals surface area contributed by atoms with E-state index in [-0.39, 0.29) is 11.2 Å². The third-order valence-corrected chi connectivity index (χ3v) is 5.91. The van der Waals surface area contributed by atoms with Crippen LogP contribution in [0.2, 0.25) is 0 Å². The molecule has 1 aliphatic carbocycles. The lowest BCUT2D eigenvalue weighted by molar-refractivity contribution is 0.368. The summed E-state index contributed by atoms with van der Waals surface area (Å²) in [7, 11) is 1.81. The van der Waals surface area contributed by atoms with E-state index in [4.69, 9.17) is 0 Å². The molecular formula is C22H27FN4O. The van der Waals surface area contributed by atoms with Gasteiger partial charge in [0.1, 0.15) is 11.6 Å². The number of guanidine groups is 1. The number of hydrogen-bond donors (Lipinski definition) is 2. The Bertz CT molecular complexity index is 840. The topological polar surface area (TPSA) is 51.1 Å². The van der Waals surface area contributed by atoms with Gasteiger partial charge in [0.05, 0.1) is 5.69 Å². The van der Waals surface area contributed by atoms with Crippen LogP contribution in [0.4, 0.5) is 10.1 Å². The van der Waals surface area contributed by atoms with E-state index in [0.29, 0.717) is 5.75 Å². The van der Waals surface area contributed by atoms with Gasteiger partial charge >= 0.3 is 0 Å². The number of piperazine rings is 1. The summed E-state index contributed by atoms with van der Waals surface area (Å²) in [6.45, 7) is 4.17. The molecule has 5 nitrogen and oxygen atoms in total. The fourth-order valence-electron chi connectivity index (χ4n) is 3.99. The molecule has 28 heavy (non-hydrogen) atoms. The van der Waals surface area contributed by atoms with Crippen molar-refractivity contribution < 1.29 is 9.50 Å². The number of para-hydroxylation sites is 2. The third-order valence-electron chi connectivity index (χ3n) is 5.91. The van der Waals surface area contributed by atoms with Gasteiger partial charge in [0.25, 0.3) is 0 Å². The molecule has 2 fully saturated rings. The van der Waals surface area contributed by atoms with Crippen LogP contribution in [0, 0.1) is 5.82 Å². The van der Waals surface area contributed by atoms with E-state index < -0.39 is 0 Å². The maximum atomic E-state index is 13.2. The van der Waals surface area contributed by atoms with Gasteiger partial charge in [0.15, 0.2) is 5.96 Å². The second-order valence-electron chi connectivity index (χ2n) is 7.65. The Kier molecular flexibility index (Phi) is 5.11. The number of nitrogens with zero attached hydrogens (tertiary/aromatic N) is 3. The molecule has 6 heteroatoms. The van der Waals surface area contributed by atoms with E-state index in [1.54, 1.807) is 18.2 Å². The van der Waals surface area contributed by atoms with Crippen molar-refractivity contribution in [3.63, 3.8) is 0 Å². The Balaban J connectivity index is 1.34. The van der Waals surface area contributed by atoms with Crippen LogP contribution in [-0.2, 0) is 5.41 Å². The summed E-state index contributed by atoms with van der Waals surface area (Å²) in [5, 5.41) is 13.6. The highest BCUT2D eigenvalue weighted by Gasteiger charge is 2.44. The molecule has 0 spiro atoms. The Morgan fingerprint density at radius 3 is 2.36 bits per heavy atom. The van der Waals surface area contributed by atoms with Crippen molar-refractivity contribution in [2.45, 2.75) is 18.3 Å². The van der Waals surface area contributed by atoms with Crippen LogP contribution in [0.1, 0.15) is 18.4 Å². The normalized spacial score (nSPS) is 18.9. The van der Waals surface area contributed by atoms with Crippen LogP contribution in [-0.4, -0.2) is 55.7 Å². The number of aliphatic imine (C=N–C) groups is 1. The van der Waals surface area contributed by atoms with Gasteiger partial charge in [-0.15, -0.1) is 0 Å². The van der Waals surface area contributed by atoms with Gasteiger partial charge < -0.3 is 20.2 Å². The number of rotatable bonds is 4. The van der Waals surface area contributed by atoms with Gasteiger partial charge in [-0.25, -0.2) is 4.39 Å². The summed E-state index contributed by atoms with van der Waals surface area (Å²) in [5.74, 6) is 1.05. The van der Waals surface area contributed by atoms with E-state index in [9.17, 15) is 9.50 Å². The zero-order chi connectivity index (χ0) is 19.6. The van der Waals surface area contributed by atoms with Crippen molar-refractivity contribution in [1.29, 1.82) is 0 Å². The number of phenols is 1. The zero-order valence-electron chi connectivity index (χ0n) is 16.2. The fraction of sp³-hybridized carbons (Fsp3) is 0.409. The quantitative estimate of drug-likeness (QED) is 0.631. The van der Waals surface area contributed by atoms with E-state index in [2.05, 4.69) is 20.1 Å². The largest absolute Gasteiger partial charge is 0.506 e. The number of anilines is 1. The molecule has 4 rings (SSSR count). The molecule has 0 aromatic heterocycles. The van der Waals surface area contributed by atoms with Gasteiger partial charge in [0, 0.05) is 45.2 Å². The van der Waals surface area contributed by atoms with Crippen LogP contribution < -0.4 is 10.2 Å². The summed E-state index contributed by atoms with van der Waals surface area (Å²) < 4.78 is 13.2. The molecule has 1 aliphatic heterocycles. The van der Waals surface area contributed by atoms with Crippen molar-refractivity contribution in [3.05, 3.63) is 59.9 Å². The van der Waals surface area contributed by atoms with Gasteiger partial charge in [0.2, 0.25) is 0 Å². The Morgan fingerprint density at radius 2 is 1.75 bits per heavy atom. The Labute approximate surface area is 165 Å². The molecule has 1 saturated carbocycles. The molecule has 0 radical (unpaired) electrons. The molecule has 2 aromatic rings. The van der Waals surface area contributed by atoms with Crippen molar-refractivity contribution in [2.24, 2.45) is 4.99 Å². The lowest BCUT2D eigenvalue weighted by Crippen LogP contribution is -2.53. The monoisotopic (exact) mass is 382 g/mol. The molecule has 0 atom stereocenters. The van der Waals surface area contributed by atoms with Crippen molar-refractivity contribution in [1.82, 2.24) is 10.2 Å². The van der Waals surface area contributed by atoms with E-state index in [0.717, 1.165) is 57.2 Å². The minimum atomic E-state index is -0.189. The predicted octanol–water partition coefficient (Wildman–Crippen LogP) is 2.96. The van der Waals surface area contributed by atoms with Crippen LogP contribution in [0.25, 0.3) is 0 Å². The van der Waals surface area contributed by atoms with E-state index in [1.165, 1.54) is 5.56 Å². The van der Waals surface area contributed by atoms with Crippen molar-refractivity contribution >= 4 is 11.6 Å². The SMILES string of the molecule is CN=C(NCC1(c2ccc(F)cc2)CC1)N1CCN(c2ccccc2O)CC1. The van der Waals surface area contributed by atoms with Gasteiger partial charge in [-0.3, -0.25) is 4.99 Å². The van der Waals surface area contributed by atoms with Crippen molar-refractivity contribution in [2.75, 3.05) is 44.7 Å². The molecule has 2 N–H and O–H groups in total. The van der Waals surface area contributed by atoms with Crippen LogP contribution in [0.15, 0.2) is 53.5 Å². The van der Waals surface area contributed by atoms with Gasteiger partial charge in [-0.1, -0.05) is 24.3 Å². The number of benzene rings is 2. The second-order valence-corrected chi connectivity index (χ2v) is 7.65. The molecule has 1 heterocycles. The lowest BCUT2D eigenvalue weighted by atomic mass is 9.96. The van der Waals surface area contributed by atoms with E-state index in [1.807, 2.05) is 37.4 Å². The first kappa shape index (κ1) is 18.6. The minimum Gasteiger partial charge on any atom is -0.506 e. The van der Waals surface area contributed by atoms with Gasteiger partial charge in [-0.2, -0.15) is 0 Å². The molecule has 0 amide bonds. The first-order chi connectivity index (χ1) is 13.6. The number of phenolic OH excluding ortho intramolecular Hbond substituents is 1. The fourth-order valence-corrected chi connectivity index (χ4v) is 3.99. The van der Waals surface area contributed by atoms with Gasteiger partial charge in [-0.05, 0) is 42.7 Å². The second kappa shape index (κ2) is 7.70. The summed E-state index contributed by atoms with van der Waals surface area (Å²) in [5.41, 5.74) is 2.18. The summed E-state index contributed by atoms with van der Waals surface area (Å²) in [6.07, 6.45) is 2.23. The zero-order valence-corrected chi connectivity index (χ0v) is 16.2. The molecule has 0 unspecified atom stereocenters. The number of hydrogen-bond acceptors (Lipinski definition) is 3. The highest BCUT2D eigenvalue weighted by atomic mass is 19.1.